The normalized spacial score (nSPS) is 13.5. The van der Waals surface area contributed by atoms with Crippen LogP contribution < -0.4 is 13.8 Å². The summed E-state index contributed by atoms with van der Waals surface area (Å²) in [6.45, 7) is 9.69. The number of furan rings is 1. The van der Waals surface area contributed by atoms with Crippen molar-refractivity contribution in [3.63, 3.8) is 0 Å². The molecule has 0 saturated heterocycles. The average Bonchev–Trinajstić information content (AvgIpc) is 3.58. The van der Waals surface area contributed by atoms with Crippen molar-refractivity contribution in [2.45, 2.75) is 50.9 Å². The summed E-state index contributed by atoms with van der Waals surface area (Å²) in [7, 11) is -3.12. The highest BCUT2D eigenvalue weighted by Gasteiger charge is 2.39. The van der Waals surface area contributed by atoms with E-state index in [0.717, 1.165) is 0 Å². The van der Waals surface area contributed by atoms with Crippen LogP contribution in [0.4, 0.5) is 10.3 Å². The van der Waals surface area contributed by atoms with Crippen molar-refractivity contribution in [2.24, 2.45) is 0 Å². The molecule has 4 aromatic rings. The summed E-state index contributed by atoms with van der Waals surface area (Å²) in [4.78, 5) is 0. The third-order valence-electron chi connectivity index (χ3n) is 7.03. The molecule has 0 saturated carbocycles. The Kier molecular flexibility index (Phi) is 9.74. The predicted octanol–water partition coefficient (Wildman–Crippen LogP) is 6.35. The molecule has 0 amide bonds. The number of halogens is 2. The van der Waals surface area contributed by atoms with E-state index in [2.05, 4.69) is 45.8 Å². The van der Waals surface area contributed by atoms with E-state index in [1.165, 1.54) is 43.6 Å². The number of nitrogens with zero attached hydrogens (tertiary/aromatic N) is 4. The number of aliphatic hydroxyl groups is 1. The summed E-state index contributed by atoms with van der Waals surface area (Å²) in [5.74, 6) is 1.44. The molecule has 0 radical (unpaired) electrons. The fourth-order valence-electron chi connectivity index (χ4n) is 4.52. The number of sulfonamides is 1. The van der Waals surface area contributed by atoms with E-state index in [1.54, 1.807) is 41.8 Å². The van der Waals surface area contributed by atoms with Crippen LogP contribution in [-0.2, 0) is 10.0 Å². The van der Waals surface area contributed by atoms with E-state index in [-0.39, 0.29) is 28.4 Å². The van der Waals surface area contributed by atoms with E-state index in [4.69, 9.17) is 13.9 Å². The van der Waals surface area contributed by atoms with Crippen molar-refractivity contribution in [1.82, 2.24) is 14.8 Å². The molecule has 2 unspecified atom stereocenters. The number of anilines is 1. The molecule has 232 valence electrons. The lowest BCUT2D eigenvalue weighted by molar-refractivity contribution is 0.175. The third-order valence-corrected chi connectivity index (χ3v) is 11.5. The summed E-state index contributed by atoms with van der Waals surface area (Å²) in [6.07, 6.45) is -1.47. The van der Waals surface area contributed by atoms with Gasteiger partial charge in [0.1, 0.15) is 34.0 Å². The Labute approximate surface area is 260 Å². The van der Waals surface area contributed by atoms with Gasteiger partial charge in [0, 0.05) is 14.6 Å². The molecule has 0 aliphatic rings. The summed E-state index contributed by atoms with van der Waals surface area (Å²) in [6, 6.07) is 13.2. The highest BCUT2D eigenvalue weighted by Crippen LogP contribution is 2.40. The second-order valence-electron chi connectivity index (χ2n) is 11.3. The van der Waals surface area contributed by atoms with Crippen LogP contribution in [0.3, 0.4) is 0 Å². The van der Waals surface area contributed by atoms with E-state index >= 15 is 0 Å². The molecule has 0 fully saturated rings. The van der Waals surface area contributed by atoms with Gasteiger partial charge in [-0.25, -0.2) is 17.1 Å². The van der Waals surface area contributed by atoms with E-state index in [9.17, 15) is 17.9 Å². The largest absolute Gasteiger partial charge is 0.494 e. The van der Waals surface area contributed by atoms with E-state index in [1.807, 2.05) is 0 Å². The summed E-state index contributed by atoms with van der Waals surface area (Å²) in [5.41, 5.74) is 0.620. The molecule has 1 N–H and O–H groups in total. The first-order chi connectivity index (χ1) is 20.2. The first-order valence-corrected chi connectivity index (χ1v) is 19.6. The molecule has 2 aromatic heterocycles. The molecule has 0 bridgehead atoms. The minimum atomic E-state index is -4.32. The molecular weight excluding hydrogens is 659 g/mol. The fourth-order valence-corrected chi connectivity index (χ4v) is 7.55. The number of methoxy groups -OCH3 is 2. The molecule has 0 aliphatic carbocycles. The van der Waals surface area contributed by atoms with Gasteiger partial charge in [-0.05, 0) is 77.8 Å². The maximum Gasteiger partial charge on any atom is 0.246 e. The smallest absolute Gasteiger partial charge is 0.246 e. The number of aryl methyl sites for hydroxylation is 1. The fraction of sp³-hybridized carbons (Fsp3) is 0.379. The van der Waals surface area contributed by atoms with Crippen LogP contribution in [-0.4, -0.2) is 62.4 Å². The topological polar surface area (TPSA) is 120 Å². The van der Waals surface area contributed by atoms with Crippen molar-refractivity contribution in [2.75, 3.05) is 25.1 Å². The molecule has 43 heavy (non-hydrogen) atoms. The molecule has 14 heteroatoms. The van der Waals surface area contributed by atoms with Crippen LogP contribution >= 0.6 is 15.9 Å². The van der Waals surface area contributed by atoms with Crippen LogP contribution in [0.1, 0.15) is 24.4 Å². The first kappa shape index (κ1) is 32.7. The van der Waals surface area contributed by atoms with Gasteiger partial charge in [0.2, 0.25) is 21.8 Å². The summed E-state index contributed by atoms with van der Waals surface area (Å²) >= 11 is 3.12. The van der Waals surface area contributed by atoms with Gasteiger partial charge in [0.15, 0.2) is 5.76 Å². The zero-order chi connectivity index (χ0) is 31.7. The zero-order valence-corrected chi connectivity index (χ0v) is 28.5. The lowest BCUT2D eigenvalue weighted by Crippen LogP contribution is -2.44. The van der Waals surface area contributed by atoms with E-state index < -0.39 is 35.3 Å². The standard InChI is InChI=1S/C29H36BrFN4O6SSi/c1-18-11-14-25(41-18)28-32-33-29(35(28)26-23(39-3)9-8-10-24(26)40-4)34(15-16-43(5,6)7)42(37,38)19(2)27(36)20-12-13-22(31)21(30)17-20/h8-14,17,19,27,36H,15-16H2,1-7H3. The van der Waals surface area contributed by atoms with Crippen molar-refractivity contribution < 1.29 is 31.8 Å². The van der Waals surface area contributed by atoms with Crippen LogP contribution in [0.5, 0.6) is 11.5 Å². The highest BCUT2D eigenvalue weighted by atomic mass is 79.9. The average molecular weight is 696 g/mol. The second-order valence-corrected chi connectivity index (χ2v) is 20.0. The highest BCUT2D eigenvalue weighted by molar-refractivity contribution is 9.10. The Morgan fingerprint density at radius 2 is 1.74 bits per heavy atom. The number of rotatable bonds is 12. The third kappa shape index (κ3) is 6.81. The van der Waals surface area contributed by atoms with Gasteiger partial charge < -0.3 is 19.0 Å². The molecule has 0 aliphatic heterocycles. The van der Waals surface area contributed by atoms with Gasteiger partial charge in [-0.2, -0.15) is 0 Å². The molecule has 4 rings (SSSR count). The molecule has 10 nitrogen and oxygen atoms in total. The van der Waals surface area contributed by atoms with Gasteiger partial charge in [0.25, 0.3) is 0 Å². The van der Waals surface area contributed by atoms with Crippen molar-refractivity contribution in [1.29, 1.82) is 0 Å². The summed E-state index contributed by atoms with van der Waals surface area (Å²) in [5, 5.41) is 18.7. The van der Waals surface area contributed by atoms with Crippen molar-refractivity contribution in [3.8, 4) is 28.8 Å². The van der Waals surface area contributed by atoms with Gasteiger partial charge >= 0.3 is 0 Å². The number of hydrogen-bond acceptors (Lipinski definition) is 8. The quantitative estimate of drug-likeness (QED) is 0.170. The van der Waals surface area contributed by atoms with Gasteiger partial charge in [-0.3, -0.25) is 4.57 Å². The van der Waals surface area contributed by atoms with Crippen LogP contribution in [0.2, 0.25) is 25.7 Å². The van der Waals surface area contributed by atoms with Crippen LogP contribution in [0.15, 0.2) is 57.4 Å². The zero-order valence-electron chi connectivity index (χ0n) is 25.1. The second kappa shape index (κ2) is 12.8. The maximum atomic E-state index is 14.5. The number of benzene rings is 2. The number of ether oxygens (including phenoxy) is 2. The molecule has 2 atom stereocenters. The predicted molar refractivity (Wildman–Crippen MR) is 170 cm³/mol. The van der Waals surface area contributed by atoms with Crippen LogP contribution in [0.25, 0.3) is 17.3 Å². The van der Waals surface area contributed by atoms with Crippen molar-refractivity contribution in [3.05, 3.63) is 70.1 Å². The Balaban J connectivity index is 1.96. The minimum absolute atomic E-state index is 0.0237. The number of para-hydroxylation sites is 1. The SMILES string of the molecule is COc1cccc(OC)c1-n1c(-c2ccc(C)o2)nnc1N(CC[Si](C)(C)C)S(=O)(=O)C(C)C(O)c1ccc(F)c(Br)c1. The molecule has 0 spiro atoms. The minimum Gasteiger partial charge on any atom is -0.494 e. The lowest BCUT2D eigenvalue weighted by Gasteiger charge is -2.31. The summed E-state index contributed by atoms with van der Waals surface area (Å²) < 4.78 is 63.0. The Bertz CT molecular complexity index is 1680. The molecule has 2 aromatic carbocycles. The van der Waals surface area contributed by atoms with Crippen molar-refractivity contribution >= 4 is 40.0 Å². The van der Waals surface area contributed by atoms with Gasteiger partial charge in [-0.1, -0.05) is 31.8 Å². The van der Waals surface area contributed by atoms with Crippen LogP contribution in [0, 0.1) is 12.7 Å². The van der Waals surface area contributed by atoms with E-state index in [0.29, 0.717) is 34.8 Å². The molecular formula is C29H36BrFN4O6SSi. The Morgan fingerprint density at radius 3 is 2.28 bits per heavy atom. The van der Waals surface area contributed by atoms with Gasteiger partial charge in [0.05, 0.1) is 24.8 Å². The Morgan fingerprint density at radius 1 is 1.09 bits per heavy atom. The van der Waals surface area contributed by atoms with Gasteiger partial charge in [-0.15, -0.1) is 10.2 Å². The number of hydrogen-bond donors (Lipinski definition) is 1. The maximum absolute atomic E-state index is 14.5. The number of aromatic nitrogens is 3. The number of aliphatic hydroxyl groups excluding tert-OH is 1. The molecule has 2 heterocycles. The monoisotopic (exact) mass is 694 g/mol. The lowest BCUT2D eigenvalue weighted by atomic mass is 10.1. The Hall–Kier alpha value is -3.20. The first-order valence-electron chi connectivity index (χ1n) is 13.6.